The topological polar surface area (TPSA) is 26.8 Å². The molecule has 1 aliphatic carbocycles. The van der Waals surface area contributed by atoms with Crippen molar-refractivity contribution in [1.82, 2.24) is 14.7 Å². The number of alkyl halides is 3. The number of piperazine rings is 1. The standard InChI is InChI=1S/C28H36F3N3O/c1-21-13-14-23(25(19-21)28(29,30)31)20-32(2)27(35)26(22-9-5-3-6-10-22)34-17-15-33(16-18-34)24-11-7-4-8-12-24/h3,5-6,9-10,13-14,19,24,26H,4,7-8,11-12,15-18,20H2,1-2H3. The van der Waals surface area contributed by atoms with Crippen molar-refractivity contribution in [2.24, 2.45) is 0 Å². The molecule has 2 aliphatic rings. The quantitative estimate of drug-likeness (QED) is 0.526. The van der Waals surface area contributed by atoms with Crippen molar-refractivity contribution in [2.45, 2.75) is 63.8 Å². The first-order valence-electron chi connectivity index (χ1n) is 12.7. The van der Waals surface area contributed by atoms with Crippen LogP contribution < -0.4 is 0 Å². The molecule has 1 saturated heterocycles. The Morgan fingerprint density at radius 3 is 2.29 bits per heavy atom. The summed E-state index contributed by atoms with van der Waals surface area (Å²) in [5.74, 6) is -0.170. The van der Waals surface area contributed by atoms with Gasteiger partial charge >= 0.3 is 6.18 Å². The van der Waals surface area contributed by atoms with Crippen LogP contribution in [-0.4, -0.2) is 59.9 Å². The Balaban J connectivity index is 1.51. The maximum absolute atomic E-state index is 13.7. The Bertz CT molecular complexity index is 981. The van der Waals surface area contributed by atoms with Gasteiger partial charge in [-0.15, -0.1) is 0 Å². The van der Waals surface area contributed by atoms with E-state index in [-0.39, 0.29) is 18.0 Å². The summed E-state index contributed by atoms with van der Waals surface area (Å²) in [5.41, 5.74) is 0.880. The van der Waals surface area contributed by atoms with Gasteiger partial charge in [0.2, 0.25) is 5.91 Å². The van der Waals surface area contributed by atoms with E-state index < -0.39 is 17.8 Å². The first-order chi connectivity index (χ1) is 16.7. The Kier molecular flexibility index (Phi) is 8.17. The average Bonchev–Trinajstić information content (AvgIpc) is 2.86. The van der Waals surface area contributed by atoms with Crippen LogP contribution in [0.5, 0.6) is 0 Å². The second-order valence-electron chi connectivity index (χ2n) is 10.0. The Labute approximate surface area is 206 Å². The Morgan fingerprint density at radius 1 is 1.00 bits per heavy atom. The summed E-state index contributed by atoms with van der Waals surface area (Å²) in [6.45, 7) is 4.94. The van der Waals surface area contributed by atoms with Gasteiger partial charge in [-0.3, -0.25) is 14.6 Å². The molecule has 7 heteroatoms. The summed E-state index contributed by atoms with van der Waals surface area (Å²) in [5, 5.41) is 0. The van der Waals surface area contributed by atoms with Crippen LogP contribution in [0.15, 0.2) is 48.5 Å². The van der Waals surface area contributed by atoms with Gasteiger partial charge in [0.15, 0.2) is 0 Å². The number of benzene rings is 2. The molecule has 0 aromatic heterocycles. The Hall–Kier alpha value is -2.38. The van der Waals surface area contributed by atoms with Crippen molar-refractivity contribution < 1.29 is 18.0 Å². The van der Waals surface area contributed by atoms with Gasteiger partial charge < -0.3 is 4.90 Å². The van der Waals surface area contributed by atoms with Gasteiger partial charge in [-0.1, -0.05) is 67.3 Å². The molecule has 0 spiro atoms. The molecule has 1 atom stereocenters. The molecule has 1 unspecified atom stereocenters. The summed E-state index contributed by atoms with van der Waals surface area (Å²) in [6, 6.07) is 14.1. The van der Waals surface area contributed by atoms with Crippen molar-refractivity contribution in [3.63, 3.8) is 0 Å². The summed E-state index contributed by atoms with van der Waals surface area (Å²) in [6.07, 6.45) is 1.95. The molecule has 0 N–H and O–H groups in total. The molecule has 1 heterocycles. The molecule has 2 aromatic rings. The van der Waals surface area contributed by atoms with Crippen LogP contribution in [0.3, 0.4) is 0 Å². The molecule has 1 saturated carbocycles. The van der Waals surface area contributed by atoms with E-state index in [0.29, 0.717) is 11.6 Å². The van der Waals surface area contributed by atoms with Gasteiger partial charge in [0, 0.05) is 45.8 Å². The van der Waals surface area contributed by atoms with Crippen LogP contribution in [0.25, 0.3) is 0 Å². The van der Waals surface area contributed by atoms with Crippen LogP contribution >= 0.6 is 0 Å². The van der Waals surface area contributed by atoms with E-state index in [4.69, 9.17) is 0 Å². The first-order valence-corrected chi connectivity index (χ1v) is 12.7. The number of hydrogen-bond donors (Lipinski definition) is 0. The van der Waals surface area contributed by atoms with Gasteiger partial charge in [0.1, 0.15) is 6.04 Å². The fraction of sp³-hybridized carbons (Fsp3) is 0.536. The lowest BCUT2D eigenvalue weighted by molar-refractivity contribution is -0.141. The summed E-state index contributed by atoms with van der Waals surface area (Å²) in [7, 11) is 1.61. The second-order valence-corrected chi connectivity index (χ2v) is 10.0. The minimum absolute atomic E-state index is 0.0840. The zero-order chi connectivity index (χ0) is 25.0. The van der Waals surface area contributed by atoms with E-state index in [0.717, 1.165) is 37.8 Å². The minimum Gasteiger partial charge on any atom is -0.340 e. The van der Waals surface area contributed by atoms with E-state index in [9.17, 15) is 18.0 Å². The zero-order valence-corrected chi connectivity index (χ0v) is 20.7. The van der Waals surface area contributed by atoms with Crippen LogP contribution in [0.4, 0.5) is 13.2 Å². The second kappa shape index (κ2) is 11.1. The van der Waals surface area contributed by atoms with Crippen molar-refractivity contribution in [1.29, 1.82) is 0 Å². The maximum Gasteiger partial charge on any atom is 0.416 e. The number of carbonyl (C=O) groups excluding carboxylic acids is 1. The van der Waals surface area contributed by atoms with Crippen molar-refractivity contribution in [3.05, 3.63) is 70.8 Å². The number of hydrogen-bond acceptors (Lipinski definition) is 3. The van der Waals surface area contributed by atoms with E-state index in [1.807, 2.05) is 30.3 Å². The predicted octanol–water partition coefficient (Wildman–Crippen LogP) is 5.66. The van der Waals surface area contributed by atoms with Crippen LogP contribution in [-0.2, 0) is 17.5 Å². The summed E-state index contributed by atoms with van der Waals surface area (Å²) < 4.78 is 41.0. The molecular formula is C28H36F3N3O. The molecule has 4 rings (SSSR count). The number of amides is 1. The molecule has 1 amide bonds. The van der Waals surface area contributed by atoms with E-state index in [1.165, 1.54) is 43.1 Å². The monoisotopic (exact) mass is 487 g/mol. The lowest BCUT2D eigenvalue weighted by Crippen LogP contribution is -2.53. The first kappa shape index (κ1) is 25.7. The smallest absolute Gasteiger partial charge is 0.340 e. The largest absolute Gasteiger partial charge is 0.416 e. The summed E-state index contributed by atoms with van der Waals surface area (Å²) in [4.78, 5) is 20.0. The molecular weight excluding hydrogens is 451 g/mol. The predicted molar refractivity (Wildman–Crippen MR) is 132 cm³/mol. The van der Waals surface area contributed by atoms with Gasteiger partial charge in [0.25, 0.3) is 0 Å². The van der Waals surface area contributed by atoms with Crippen LogP contribution in [0, 0.1) is 6.92 Å². The lowest BCUT2D eigenvalue weighted by atomic mass is 9.93. The normalized spacial score (nSPS) is 19.5. The molecule has 1 aliphatic heterocycles. The lowest BCUT2D eigenvalue weighted by Gasteiger charge is -2.43. The fourth-order valence-electron chi connectivity index (χ4n) is 5.59. The molecule has 0 radical (unpaired) electrons. The zero-order valence-electron chi connectivity index (χ0n) is 20.7. The van der Waals surface area contributed by atoms with Crippen molar-refractivity contribution in [2.75, 3.05) is 33.2 Å². The molecule has 4 nitrogen and oxygen atoms in total. The number of aryl methyl sites for hydroxylation is 1. The van der Waals surface area contributed by atoms with E-state index >= 15 is 0 Å². The third kappa shape index (κ3) is 6.25. The highest BCUT2D eigenvalue weighted by Gasteiger charge is 2.36. The highest BCUT2D eigenvalue weighted by atomic mass is 19.4. The van der Waals surface area contributed by atoms with Crippen LogP contribution in [0.1, 0.15) is 60.4 Å². The third-order valence-electron chi connectivity index (χ3n) is 7.51. The number of nitrogens with zero attached hydrogens (tertiary/aromatic N) is 3. The SMILES string of the molecule is Cc1ccc(CN(C)C(=O)C(c2ccccc2)N2CCN(C3CCCCC3)CC2)c(C(F)(F)F)c1. The molecule has 2 fully saturated rings. The maximum atomic E-state index is 13.7. The molecule has 2 aromatic carbocycles. The molecule has 190 valence electrons. The third-order valence-corrected chi connectivity index (χ3v) is 7.51. The van der Waals surface area contributed by atoms with Gasteiger partial charge in [-0.2, -0.15) is 13.2 Å². The molecule has 35 heavy (non-hydrogen) atoms. The highest BCUT2D eigenvalue weighted by molar-refractivity contribution is 5.83. The van der Waals surface area contributed by atoms with E-state index in [2.05, 4.69) is 9.80 Å². The number of likely N-dealkylation sites (N-methyl/N-ethyl adjacent to an activating group) is 1. The highest BCUT2D eigenvalue weighted by Crippen LogP contribution is 2.34. The minimum atomic E-state index is -4.46. The van der Waals surface area contributed by atoms with Gasteiger partial charge in [0.05, 0.1) is 5.56 Å². The van der Waals surface area contributed by atoms with Gasteiger partial charge in [-0.25, -0.2) is 0 Å². The van der Waals surface area contributed by atoms with Gasteiger partial charge in [-0.05, 0) is 37.0 Å². The molecule has 0 bridgehead atoms. The number of carbonyl (C=O) groups is 1. The Morgan fingerprint density at radius 2 is 1.66 bits per heavy atom. The van der Waals surface area contributed by atoms with E-state index in [1.54, 1.807) is 20.0 Å². The number of halogens is 3. The number of rotatable bonds is 6. The fourth-order valence-corrected chi connectivity index (χ4v) is 5.59. The van der Waals surface area contributed by atoms with Crippen molar-refractivity contribution >= 4 is 5.91 Å². The van der Waals surface area contributed by atoms with Crippen molar-refractivity contribution in [3.8, 4) is 0 Å². The van der Waals surface area contributed by atoms with Crippen LogP contribution in [0.2, 0.25) is 0 Å². The average molecular weight is 488 g/mol. The summed E-state index contributed by atoms with van der Waals surface area (Å²) >= 11 is 0.